The van der Waals surface area contributed by atoms with E-state index in [1.165, 1.54) is 6.42 Å². The van der Waals surface area contributed by atoms with Crippen LogP contribution in [0.25, 0.3) is 0 Å². The third-order valence-electron chi connectivity index (χ3n) is 2.66. The maximum atomic E-state index is 9.31. The highest BCUT2D eigenvalue weighted by Gasteiger charge is 2.37. The van der Waals surface area contributed by atoms with E-state index in [-0.39, 0.29) is 11.6 Å². The van der Waals surface area contributed by atoms with E-state index in [1.54, 1.807) is 0 Å². The van der Waals surface area contributed by atoms with Crippen molar-refractivity contribution in [2.45, 2.75) is 44.8 Å². The smallest absolute Gasteiger partial charge is 0.0557 e. The molecule has 3 N–H and O–H groups in total. The first kappa shape index (κ1) is 8.02. The molecule has 2 nitrogen and oxygen atoms in total. The molecule has 2 heteroatoms. The van der Waals surface area contributed by atoms with E-state index in [9.17, 15) is 5.11 Å². The Bertz CT molecular complexity index is 120. The lowest BCUT2D eigenvalue weighted by molar-refractivity contribution is 0.0950. The Hall–Kier alpha value is -0.0800. The van der Waals surface area contributed by atoms with Crippen molar-refractivity contribution in [2.75, 3.05) is 0 Å². The molecule has 0 aromatic carbocycles. The molecule has 0 aliphatic heterocycles. The van der Waals surface area contributed by atoms with Crippen molar-refractivity contribution >= 4 is 0 Å². The molecule has 1 rings (SSSR count). The van der Waals surface area contributed by atoms with Gasteiger partial charge in [0, 0.05) is 11.5 Å². The van der Waals surface area contributed by atoms with Crippen LogP contribution in [0, 0.1) is 5.92 Å². The van der Waals surface area contributed by atoms with Gasteiger partial charge in [0.2, 0.25) is 0 Å². The molecule has 0 heterocycles. The fourth-order valence-electron chi connectivity index (χ4n) is 2.01. The highest BCUT2D eigenvalue weighted by atomic mass is 16.3. The minimum absolute atomic E-state index is 0.117. The van der Waals surface area contributed by atoms with Gasteiger partial charge in [-0.1, -0.05) is 6.42 Å². The predicted molar refractivity (Wildman–Crippen MR) is 41.6 cm³/mol. The summed E-state index contributed by atoms with van der Waals surface area (Å²) in [4.78, 5) is 0. The second-order valence-corrected chi connectivity index (χ2v) is 3.75. The molecular formula is C8H17NO. The first-order chi connectivity index (χ1) is 4.54. The third-order valence-corrected chi connectivity index (χ3v) is 2.66. The molecule has 0 unspecified atom stereocenters. The van der Waals surface area contributed by atoms with Crippen molar-refractivity contribution in [1.29, 1.82) is 0 Å². The van der Waals surface area contributed by atoms with Crippen LogP contribution in [-0.2, 0) is 0 Å². The first-order valence-corrected chi connectivity index (χ1v) is 4.01. The summed E-state index contributed by atoms with van der Waals surface area (Å²) >= 11 is 0. The molecule has 1 fully saturated rings. The number of aliphatic hydroxyl groups excluding tert-OH is 1. The standard InChI is InChI=1S/C8H17NO/c1-6(10)7-4-3-5-8(7,2)9/h6-7,10H,3-5,9H2,1-2H3/t6-,7+,8-/m1/s1. The summed E-state index contributed by atoms with van der Waals surface area (Å²) in [5, 5.41) is 9.31. The summed E-state index contributed by atoms with van der Waals surface area (Å²) in [5.41, 5.74) is 5.85. The highest BCUT2D eigenvalue weighted by molar-refractivity contribution is 4.94. The zero-order valence-electron chi connectivity index (χ0n) is 6.80. The molecule has 0 aromatic rings. The van der Waals surface area contributed by atoms with E-state index in [4.69, 9.17) is 5.73 Å². The van der Waals surface area contributed by atoms with E-state index in [1.807, 2.05) is 13.8 Å². The van der Waals surface area contributed by atoms with Gasteiger partial charge in [-0.15, -0.1) is 0 Å². The Balaban J connectivity index is 2.59. The van der Waals surface area contributed by atoms with E-state index < -0.39 is 0 Å². The largest absolute Gasteiger partial charge is 0.393 e. The van der Waals surface area contributed by atoms with Crippen LogP contribution in [0.4, 0.5) is 0 Å². The molecule has 60 valence electrons. The van der Waals surface area contributed by atoms with Gasteiger partial charge in [-0.3, -0.25) is 0 Å². The molecule has 1 saturated carbocycles. The number of aliphatic hydroxyl groups is 1. The second kappa shape index (κ2) is 2.51. The van der Waals surface area contributed by atoms with Crippen molar-refractivity contribution in [3.05, 3.63) is 0 Å². The van der Waals surface area contributed by atoms with Gasteiger partial charge in [-0.05, 0) is 26.7 Å². The zero-order chi connectivity index (χ0) is 7.78. The van der Waals surface area contributed by atoms with E-state index >= 15 is 0 Å². The number of hydrogen-bond donors (Lipinski definition) is 2. The minimum atomic E-state index is -0.238. The summed E-state index contributed by atoms with van der Waals surface area (Å²) in [5.74, 6) is 0.312. The van der Waals surface area contributed by atoms with Crippen molar-refractivity contribution in [2.24, 2.45) is 11.7 Å². The molecule has 0 saturated heterocycles. The van der Waals surface area contributed by atoms with Crippen LogP contribution in [0.2, 0.25) is 0 Å². The minimum Gasteiger partial charge on any atom is -0.393 e. The fourth-order valence-corrected chi connectivity index (χ4v) is 2.01. The SMILES string of the molecule is C[C@@H](O)[C@@H]1CCC[C@@]1(C)N. The summed E-state index contributed by atoms with van der Waals surface area (Å²) in [6, 6.07) is 0. The Morgan fingerprint density at radius 1 is 1.70 bits per heavy atom. The third kappa shape index (κ3) is 1.32. The van der Waals surface area contributed by atoms with Crippen molar-refractivity contribution < 1.29 is 5.11 Å². The van der Waals surface area contributed by atoms with Crippen molar-refractivity contribution in [1.82, 2.24) is 0 Å². The number of rotatable bonds is 1. The van der Waals surface area contributed by atoms with Crippen LogP contribution in [0.15, 0.2) is 0 Å². The quantitative estimate of drug-likeness (QED) is 0.572. The lowest BCUT2D eigenvalue weighted by Gasteiger charge is -2.28. The average Bonchev–Trinajstić information content (AvgIpc) is 2.08. The average molecular weight is 143 g/mol. The van der Waals surface area contributed by atoms with E-state index in [0.717, 1.165) is 12.8 Å². The molecule has 0 radical (unpaired) electrons. The lowest BCUT2D eigenvalue weighted by atomic mass is 9.86. The summed E-state index contributed by atoms with van der Waals surface area (Å²) in [6.45, 7) is 3.87. The van der Waals surface area contributed by atoms with Gasteiger partial charge in [0.05, 0.1) is 6.10 Å². The summed E-state index contributed by atoms with van der Waals surface area (Å²) < 4.78 is 0. The molecule has 1 aliphatic rings. The summed E-state index contributed by atoms with van der Waals surface area (Å²) in [6.07, 6.45) is 3.08. The maximum Gasteiger partial charge on any atom is 0.0557 e. The molecule has 0 aromatic heterocycles. The van der Waals surface area contributed by atoms with Gasteiger partial charge >= 0.3 is 0 Å². The van der Waals surface area contributed by atoms with Crippen molar-refractivity contribution in [3.63, 3.8) is 0 Å². The highest BCUT2D eigenvalue weighted by Crippen LogP contribution is 2.35. The van der Waals surface area contributed by atoms with Gasteiger partial charge in [0.25, 0.3) is 0 Å². The molecule has 3 atom stereocenters. The number of hydrogen-bond acceptors (Lipinski definition) is 2. The second-order valence-electron chi connectivity index (χ2n) is 3.75. The topological polar surface area (TPSA) is 46.2 Å². The first-order valence-electron chi connectivity index (χ1n) is 4.01. The molecule has 1 aliphatic carbocycles. The van der Waals surface area contributed by atoms with Crippen LogP contribution in [-0.4, -0.2) is 16.7 Å². The van der Waals surface area contributed by atoms with E-state index in [0.29, 0.717) is 5.92 Å². The molecule has 10 heavy (non-hydrogen) atoms. The van der Waals surface area contributed by atoms with Crippen LogP contribution >= 0.6 is 0 Å². The van der Waals surface area contributed by atoms with Gasteiger partial charge < -0.3 is 10.8 Å². The van der Waals surface area contributed by atoms with Crippen LogP contribution < -0.4 is 5.73 Å². The van der Waals surface area contributed by atoms with Gasteiger partial charge in [0.15, 0.2) is 0 Å². The Labute approximate surface area is 62.4 Å². The fraction of sp³-hybridized carbons (Fsp3) is 1.00. The van der Waals surface area contributed by atoms with Crippen molar-refractivity contribution in [3.8, 4) is 0 Å². The zero-order valence-corrected chi connectivity index (χ0v) is 6.80. The van der Waals surface area contributed by atoms with Gasteiger partial charge in [0.1, 0.15) is 0 Å². The maximum absolute atomic E-state index is 9.31. The van der Waals surface area contributed by atoms with Crippen LogP contribution in [0.5, 0.6) is 0 Å². The monoisotopic (exact) mass is 143 g/mol. The number of nitrogens with two attached hydrogens (primary N) is 1. The normalized spacial score (nSPS) is 43.8. The van der Waals surface area contributed by atoms with Gasteiger partial charge in [-0.25, -0.2) is 0 Å². The molecule has 0 bridgehead atoms. The van der Waals surface area contributed by atoms with Crippen LogP contribution in [0.3, 0.4) is 0 Å². The molecular weight excluding hydrogens is 126 g/mol. The Morgan fingerprint density at radius 2 is 2.30 bits per heavy atom. The molecule has 0 spiro atoms. The lowest BCUT2D eigenvalue weighted by Crippen LogP contribution is -2.44. The predicted octanol–water partition coefficient (Wildman–Crippen LogP) is 0.885. The Morgan fingerprint density at radius 3 is 2.50 bits per heavy atom. The molecule has 0 amide bonds. The Kier molecular flexibility index (Phi) is 2.02. The van der Waals surface area contributed by atoms with Gasteiger partial charge in [-0.2, -0.15) is 0 Å². The summed E-state index contributed by atoms with van der Waals surface area (Å²) in [7, 11) is 0. The van der Waals surface area contributed by atoms with E-state index in [2.05, 4.69) is 0 Å². The van der Waals surface area contributed by atoms with Crippen LogP contribution in [0.1, 0.15) is 33.1 Å².